The lowest BCUT2D eigenvalue weighted by Gasteiger charge is -2.07. The van der Waals surface area contributed by atoms with Crippen LogP contribution in [0.25, 0.3) is 16.9 Å². The number of aromatic nitrogens is 2. The largest absolute Gasteiger partial charge is 0.486 e. The Balaban J connectivity index is 1.42. The second-order valence-electron chi connectivity index (χ2n) is 7.38. The molecule has 0 fully saturated rings. The molecule has 6 nitrogen and oxygen atoms in total. The van der Waals surface area contributed by atoms with Crippen LogP contribution in [-0.4, -0.2) is 15.3 Å². The van der Waals surface area contributed by atoms with Gasteiger partial charge in [0.25, 0.3) is 5.91 Å². The molecule has 0 radical (unpaired) electrons. The van der Waals surface area contributed by atoms with Crippen molar-refractivity contribution in [3.8, 4) is 17.0 Å². The predicted molar refractivity (Wildman–Crippen MR) is 123 cm³/mol. The summed E-state index contributed by atoms with van der Waals surface area (Å²) in [6, 6.07) is 26.6. The van der Waals surface area contributed by atoms with Gasteiger partial charge < -0.3 is 14.5 Å². The van der Waals surface area contributed by atoms with E-state index in [9.17, 15) is 4.79 Å². The Morgan fingerprint density at radius 1 is 0.969 bits per heavy atom. The lowest BCUT2D eigenvalue weighted by atomic mass is 10.1. The van der Waals surface area contributed by atoms with Crippen molar-refractivity contribution in [2.45, 2.75) is 13.5 Å². The molecule has 0 unspecified atom stereocenters. The summed E-state index contributed by atoms with van der Waals surface area (Å²) in [5.41, 5.74) is 3.43. The van der Waals surface area contributed by atoms with Gasteiger partial charge in [-0.3, -0.25) is 9.20 Å². The van der Waals surface area contributed by atoms with Crippen LogP contribution in [0.15, 0.2) is 95.5 Å². The average Bonchev–Trinajstić information content (AvgIpc) is 3.45. The lowest BCUT2D eigenvalue weighted by molar-refractivity contribution is 0.0992. The first-order chi connectivity index (χ1) is 15.7. The molecular formula is C26H21N3O3. The van der Waals surface area contributed by atoms with Crippen molar-refractivity contribution in [3.63, 3.8) is 0 Å². The topological polar surface area (TPSA) is 68.8 Å². The minimum Gasteiger partial charge on any atom is -0.486 e. The van der Waals surface area contributed by atoms with Gasteiger partial charge in [0.1, 0.15) is 35.3 Å². The number of hydrogen-bond donors (Lipinski definition) is 1. The maximum Gasteiger partial charge on any atom is 0.292 e. The van der Waals surface area contributed by atoms with E-state index in [4.69, 9.17) is 14.1 Å². The van der Waals surface area contributed by atoms with Crippen molar-refractivity contribution in [2.24, 2.45) is 0 Å². The van der Waals surface area contributed by atoms with Gasteiger partial charge in [0.15, 0.2) is 5.76 Å². The zero-order valence-electron chi connectivity index (χ0n) is 17.5. The zero-order valence-corrected chi connectivity index (χ0v) is 17.5. The Morgan fingerprint density at radius 2 is 1.72 bits per heavy atom. The number of aryl methyl sites for hydroxylation is 1. The highest BCUT2D eigenvalue weighted by atomic mass is 16.5. The fraction of sp³-hybridized carbons (Fsp3) is 0.0769. The van der Waals surface area contributed by atoms with Crippen LogP contribution in [0.4, 0.5) is 5.82 Å². The molecular weight excluding hydrogens is 402 g/mol. The van der Waals surface area contributed by atoms with E-state index in [0.29, 0.717) is 17.3 Å². The van der Waals surface area contributed by atoms with Crippen LogP contribution in [0.2, 0.25) is 0 Å². The van der Waals surface area contributed by atoms with Gasteiger partial charge in [0.05, 0.1) is 0 Å². The van der Waals surface area contributed by atoms with Gasteiger partial charge in [-0.05, 0) is 42.8 Å². The van der Waals surface area contributed by atoms with Crippen LogP contribution >= 0.6 is 0 Å². The van der Waals surface area contributed by atoms with Gasteiger partial charge in [-0.25, -0.2) is 4.98 Å². The molecule has 5 aromatic rings. The van der Waals surface area contributed by atoms with Crippen LogP contribution in [0, 0.1) is 6.92 Å². The second kappa shape index (κ2) is 8.43. The third-order valence-corrected chi connectivity index (χ3v) is 5.13. The highest BCUT2D eigenvalue weighted by molar-refractivity contribution is 6.04. The molecule has 3 aromatic heterocycles. The maximum absolute atomic E-state index is 13.0. The summed E-state index contributed by atoms with van der Waals surface area (Å²) in [6.45, 7) is 2.23. The predicted octanol–water partition coefficient (Wildman–Crippen LogP) is 5.73. The molecule has 2 aromatic carbocycles. The summed E-state index contributed by atoms with van der Waals surface area (Å²) in [4.78, 5) is 17.8. The van der Waals surface area contributed by atoms with Crippen LogP contribution in [0.1, 0.15) is 21.9 Å². The van der Waals surface area contributed by atoms with Crippen LogP contribution in [0.3, 0.4) is 0 Å². The number of amides is 1. The fourth-order valence-electron chi connectivity index (χ4n) is 3.54. The molecule has 0 aliphatic heterocycles. The number of anilines is 1. The number of pyridine rings is 1. The van der Waals surface area contributed by atoms with Crippen LogP contribution in [-0.2, 0) is 6.61 Å². The Bertz CT molecular complexity index is 1370. The molecule has 32 heavy (non-hydrogen) atoms. The number of carbonyl (C=O) groups excluding carboxylic acids is 1. The molecule has 5 rings (SSSR count). The summed E-state index contributed by atoms with van der Waals surface area (Å²) >= 11 is 0. The fourth-order valence-corrected chi connectivity index (χ4v) is 3.54. The van der Waals surface area contributed by atoms with Gasteiger partial charge in [0, 0.05) is 11.8 Å². The molecule has 158 valence electrons. The van der Waals surface area contributed by atoms with E-state index in [2.05, 4.69) is 5.32 Å². The third-order valence-electron chi connectivity index (χ3n) is 5.13. The number of hydrogen-bond acceptors (Lipinski definition) is 4. The van der Waals surface area contributed by atoms with Crippen LogP contribution in [0.5, 0.6) is 5.75 Å². The number of fused-ring (bicyclic) bond motifs is 1. The van der Waals surface area contributed by atoms with Gasteiger partial charge in [0.2, 0.25) is 0 Å². The maximum atomic E-state index is 13.0. The Morgan fingerprint density at radius 3 is 2.50 bits per heavy atom. The van der Waals surface area contributed by atoms with E-state index in [1.54, 1.807) is 12.1 Å². The SMILES string of the molecule is Cc1cccn2c(NC(=O)c3ccc(COc4ccccc4)o3)c(-c3ccccc3)nc12. The first-order valence-corrected chi connectivity index (χ1v) is 10.3. The van der Waals surface area contributed by atoms with E-state index < -0.39 is 0 Å². The van der Waals surface area contributed by atoms with Crippen molar-refractivity contribution in [1.29, 1.82) is 0 Å². The second-order valence-corrected chi connectivity index (χ2v) is 7.38. The molecule has 1 N–H and O–H groups in total. The average molecular weight is 423 g/mol. The number of nitrogens with one attached hydrogen (secondary N) is 1. The Labute approximate surface area is 185 Å². The summed E-state index contributed by atoms with van der Waals surface area (Å²) in [7, 11) is 0. The van der Waals surface area contributed by atoms with Crippen molar-refractivity contribution in [3.05, 3.63) is 108 Å². The summed E-state index contributed by atoms with van der Waals surface area (Å²) < 4.78 is 13.3. The number of imidazole rings is 1. The van der Waals surface area contributed by atoms with Crippen molar-refractivity contribution < 1.29 is 13.9 Å². The minimum absolute atomic E-state index is 0.207. The summed E-state index contributed by atoms with van der Waals surface area (Å²) in [5, 5.41) is 2.99. The quantitative estimate of drug-likeness (QED) is 0.378. The molecule has 1 amide bonds. The van der Waals surface area contributed by atoms with E-state index >= 15 is 0 Å². The van der Waals surface area contributed by atoms with E-state index in [1.807, 2.05) is 90.3 Å². The number of benzene rings is 2. The summed E-state index contributed by atoms with van der Waals surface area (Å²) in [5.74, 6) is 1.76. The highest BCUT2D eigenvalue weighted by Gasteiger charge is 2.20. The Hall–Kier alpha value is -4.32. The normalized spacial score (nSPS) is 10.9. The first kappa shape index (κ1) is 19.6. The van der Waals surface area contributed by atoms with Gasteiger partial charge >= 0.3 is 0 Å². The molecule has 0 bridgehead atoms. The van der Waals surface area contributed by atoms with Gasteiger partial charge in [-0.15, -0.1) is 0 Å². The standard InChI is InChI=1S/C26H21N3O3/c1-18-9-8-16-29-24(18)27-23(19-10-4-2-5-11-19)25(29)28-26(30)22-15-14-21(32-22)17-31-20-12-6-3-7-13-20/h2-16H,17H2,1H3,(H,28,30). The molecule has 0 aliphatic rings. The number of ether oxygens (including phenoxy) is 1. The number of para-hydroxylation sites is 1. The van der Waals surface area contributed by atoms with Gasteiger partial charge in [-0.2, -0.15) is 0 Å². The Kier molecular flexibility index (Phi) is 5.17. The molecule has 0 spiro atoms. The van der Waals surface area contributed by atoms with Crippen LogP contribution < -0.4 is 10.1 Å². The van der Waals surface area contributed by atoms with Crippen molar-refractivity contribution in [2.75, 3.05) is 5.32 Å². The smallest absolute Gasteiger partial charge is 0.292 e. The third kappa shape index (κ3) is 3.86. The number of carbonyl (C=O) groups is 1. The molecule has 0 saturated carbocycles. The molecule has 3 heterocycles. The van der Waals surface area contributed by atoms with Crippen molar-refractivity contribution >= 4 is 17.4 Å². The van der Waals surface area contributed by atoms with Crippen molar-refractivity contribution in [1.82, 2.24) is 9.38 Å². The number of furan rings is 1. The molecule has 0 aliphatic carbocycles. The van der Waals surface area contributed by atoms with E-state index in [1.165, 1.54) is 0 Å². The number of rotatable bonds is 6. The minimum atomic E-state index is -0.351. The van der Waals surface area contributed by atoms with E-state index in [-0.39, 0.29) is 18.3 Å². The molecule has 0 atom stereocenters. The first-order valence-electron chi connectivity index (χ1n) is 10.3. The number of nitrogens with zero attached hydrogens (tertiary/aromatic N) is 2. The zero-order chi connectivity index (χ0) is 21.9. The summed E-state index contributed by atoms with van der Waals surface area (Å²) in [6.07, 6.45) is 1.89. The van der Waals surface area contributed by atoms with Gasteiger partial charge in [-0.1, -0.05) is 54.6 Å². The van der Waals surface area contributed by atoms with E-state index in [0.717, 1.165) is 22.5 Å². The molecule has 6 heteroatoms. The lowest BCUT2D eigenvalue weighted by Crippen LogP contribution is -2.13. The highest BCUT2D eigenvalue weighted by Crippen LogP contribution is 2.30. The molecule has 0 saturated heterocycles. The monoisotopic (exact) mass is 423 g/mol.